The van der Waals surface area contributed by atoms with Gasteiger partial charge in [0.05, 0.1) is 11.4 Å². The molecule has 162 valence electrons. The largest absolute Gasteiger partial charge is 0.573 e. The number of aryl methyl sites for hydroxylation is 1. The number of hydrogen-bond acceptors (Lipinski definition) is 6. The van der Waals surface area contributed by atoms with Gasteiger partial charge in [0.1, 0.15) is 11.6 Å². The Labute approximate surface area is 178 Å². The van der Waals surface area contributed by atoms with Crippen molar-refractivity contribution in [1.29, 1.82) is 0 Å². The first-order valence-electron chi connectivity index (χ1n) is 9.41. The Morgan fingerprint density at radius 2 is 1.71 bits per heavy atom. The molecule has 0 aliphatic heterocycles. The monoisotopic (exact) mass is 429 g/mol. The van der Waals surface area contributed by atoms with E-state index in [1.165, 1.54) is 24.3 Å². The van der Waals surface area contributed by atoms with Crippen LogP contribution in [0.25, 0.3) is 11.3 Å². The molecule has 31 heavy (non-hydrogen) atoms. The van der Waals surface area contributed by atoms with Crippen molar-refractivity contribution in [3.63, 3.8) is 0 Å². The molecular weight excluding hydrogens is 407 g/mol. The molecule has 0 spiro atoms. The molecule has 0 atom stereocenters. The summed E-state index contributed by atoms with van der Waals surface area (Å²) in [6.45, 7) is 3.50. The van der Waals surface area contributed by atoms with Gasteiger partial charge in [0.15, 0.2) is 5.82 Å². The number of anilines is 2. The van der Waals surface area contributed by atoms with Crippen molar-refractivity contribution >= 4 is 17.2 Å². The zero-order valence-corrected chi connectivity index (χ0v) is 17.5. The number of nitrogens with one attached hydrogen (secondary N) is 1. The quantitative estimate of drug-likeness (QED) is 0.428. The molecule has 0 amide bonds. The van der Waals surface area contributed by atoms with Gasteiger partial charge in [-0.05, 0) is 43.7 Å². The fraction of sp³-hybridized carbons (Fsp3) is 0.227. The highest BCUT2D eigenvalue weighted by atomic mass is 19.4. The fourth-order valence-corrected chi connectivity index (χ4v) is 2.86. The maximum Gasteiger partial charge on any atom is 0.573 e. The summed E-state index contributed by atoms with van der Waals surface area (Å²) in [6.07, 6.45) is -4.80. The Hall–Kier alpha value is -3.62. The minimum absolute atomic E-state index is 0.202. The van der Waals surface area contributed by atoms with Crippen molar-refractivity contribution in [3.05, 3.63) is 66.0 Å². The second kappa shape index (κ2) is 9.03. The standard InChI is InChI=1S/C22H22F3N5O/c1-14(16-9-11-17(12-10-16)30(3)4)28-29-21-13-19(26-15(2)27-21)18-7-5-6-8-20(18)31-22(23,24)25/h5-13H,1-4H3,(H,26,27,29)/b28-14+. The van der Waals surface area contributed by atoms with Crippen LogP contribution in [-0.2, 0) is 0 Å². The molecule has 0 fully saturated rings. The van der Waals surface area contributed by atoms with E-state index in [0.29, 0.717) is 11.6 Å². The predicted molar refractivity (Wildman–Crippen MR) is 115 cm³/mol. The molecule has 2 aromatic carbocycles. The summed E-state index contributed by atoms with van der Waals surface area (Å²) in [7, 11) is 3.93. The highest BCUT2D eigenvalue weighted by Gasteiger charge is 2.32. The lowest BCUT2D eigenvalue weighted by atomic mass is 10.1. The number of ether oxygens (including phenoxy) is 1. The molecular formula is C22H22F3N5O. The molecule has 9 heteroatoms. The first kappa shape index (κ1) is 22.1. The lowest BCUT2D eigenvalue weighted by Gasteiger charge is -2.14. The van der Waals surface area contributed by atoms with E-state index < -0.39 is 6.36 Å². The fourth-order valence-electron chi connectivity index (χ4n) is 2.86. The van der Waals surface area contributed by atoms with E-state index in [-0.39, 0.29) is 17.0 Å². The topological polar surface area (TPSA) is 62.6 Å². The minimum atomic E-state index is -4.80. The first-order valence-corrected chi connectivity index (χ1v) is 9.41. The molecule has 0 aliphatic carbocycles. The number of benzene rings is 2. The lowest BCUT2D eigenvalue weighted by molar-refractivity contribution is -0.274. The van der Waals surface area contributed by atoms with Gasteiger partial charge in [-0.15, -0.1) is 13.2 Å². The van der Waals surface area contributed by atoms with E-state index >= 15 is 0 Å². The zero-order chi connectivity index (χ0) is 22.6. The summed E-state index contributed by atoms with van der Waals surface area (Å²) in [5, 5.41) is 4.35. The molecule has 3 aromatic rings. The van der Waals surface area contributed by atoms with Crippen LogP contribution in [0.4, 0.5) is 24.7 Å². The van der Waals surface area contributed by atoms with E-state index in [9.17, 15) is 13.2 Å². The third-order valence-electron chi connectivity index (χ3n) is 4.37. The average Bonchev–Trinajstić information content (AvgIpc) is 2.71. The summed E-state index contributed by atoms with van der Waals surface area (Å²) < 4.78 is 42.4. The summed E-state index contributed by atoms with van der Waals surface area (Å²) >= 11 is 0. The maximum atomic E-state index is 12.7. The van der Waals surface area contributed by atoms with E-state index in [4.69, 9.17) is 0 Å². The molecule has 0 bridgehead atoms. The number of nitrogens with zero attached hydrogens (tertiary/aromatic N) is 4. The third-order valence-corrected chi connectivity index (χ3v) is 4.37. The molecule has 0 unspecified atom stereocenters. The van der Waals surface area contributed by atoms with Crippen molar-refractivity contribution in [3.8, 4) is 17.0 Å². The molecule has 0 aliphatic rings. The summed E-state index contributed by atoms with van der Waals surface area (Å²) in [4.78, 5) is 10.5. The van der Waals surface area contributed by atoms with Gasteiger partial charge < -0.3 is 9.64 Å². The number of aromatic nitrogens is 2. The zero-order valence-electron chi connectivity index (χ0n) is 17.5. The van der Waals surface area contributed by atoms with E-state index in [1.807, 2.05) is 50.2 Å². The van der Waals surface area contributed by atoms with Crippen molar-refractivity contribution in [2.45, 2.75) is 20.2 Å². The SMILES string of the molecule is C/C(=N\Nc1cc(-c2ccccc2OC(F)(F)F)nc(C)n1)c1ccc(N(C)C)cc1. The predicted octanol–water partition coefficient (Wildman–Crippen LogP) is 5.25. The van der Waals surface area contributed by atoms with Crippen molar-refractivity contribution < 1.29 is 17.9 Å². The summed E-state index contributed by atoms with van der Waals surface area (Å²) in [5.74, 6) is 0.401. The molecule has 0 saturated carbocycles. The molecule has 3 rings (SSSR count). The lowest BCUT2D eigenvalue weighted by Crippen LogP contribution is -2.17. The van der Waals surface area contributed by atoms with Crippen molar-refractivity contribution in [2.24, 2.45) is 5.10 Å². The number of alkyl halides is 3. The Kier molecular flexibility index (Phi) is 6.43. The number of rotatable bonds is 6. The Morgan fingerprint density at radius 3 is 2.35 bits per heavy atom. The van der Waals surface area contributed by atoms with Crippen LogP contribution in [0.1, 0.15) is 18.3 Å². The van der Waals surface area contributed by atoms with Crippen LogP contribution in [-0.4, -0.2) is 36.1 Å². The van der Waals surface area contributed by atoms with Gasteiger partial charge in [0.25, 0.3) is 0 Å². The van der Waals surface area contributed by atoms with Gasteiger partial charge in [-0.2, -0.15) is 5.10 Å². The summed E-state index contributed by atoms with van der Waals surface area (Å²) in [5.41, 5.74) is 6.07. The number of para-hydroxylation sites is 1. The van der Waals surface area contributed by atoms with Crippen LogP contribution in [0, 0.1) is 6.92 Å². The summed E-state index contributed by atoms with van der Waals surface area (Å²) in [6, 6.07) is 15.2. The maximum absolute atomic E-state index is 12.7. The normalized spacial score (nSPS) is 11.9. The van der Waals surface area contributed by atoms with E-state index in [0.717, 1.165) is 17.0 Å². The third kappa shape index (κ3) is 5.94. The van der Waals surface area contributed by atoms with Crippen LogP contribution < -0.4 is 15.1 Å². The molecule has 6 nitrogen and oxygen atoms in total. The van der Waals surface area contributed by atoms with Crippen LogP contribution in [0.15, 0.2) is 59.7 Å². The molecule has 1 N–H and O–H groups in total. The molecule has 1 aromatic heterocycles. The van der Waals surface area contributed by atoms with Crippen molar-refractivity contribution in [1.82, 2.24) is 9.97 Å². The Balaban J connectivity index is 1.86. The Bertz CT molecular complexity index is 1080. The van der Waals surface area contributed by atoms with Gasteiger partial charge in [0, 0.05) is 31.4 Å². The van der Waals surface area contributed by atoms with Crippen LogP contribution >= 0.6 is 0 Å². The van der Waals surface area contributed by atoms with Gasteiger partial charge in [0.2, 0.25) is 0 Å². The Morgan fingerprint density at radius 1 is 1.03 bits per heavy atom. The molecule has 0 radical (unpaired) electrons. The van der Waals surface area contributed by atoms with Crippen molar-refractivity contribution in [2.75, 3.05) is 24.4 Å². The average molecular weight is 429 g/mol. The van der Waals surface area contributed by atoms with Crippen LogP contribution in [0.5, 0.6) is 5.75 Å². The number of hydrogen-bond donors (Lipinski definition) is 1. The number of halogens is 3. The van der Waals surface area contributed by atoms with Gasteiger partial charge in [-0.25, -0.2) is 9.97 Å². The second-order valence-corrected chi connectivity index (χ2v) is 6.98. The van der Waals surface area contributed by atoms with Gasteiger partial charge in [-0.1, -0.05) is 24.3 Å². The van der Waals surface area contributed by atoms with Crippen LogP contribution in [0.2, 0.25) is 0 Å². The highest BCUT2D eigenvalue weighted by Crippen LogP contribution is 2.33. The molecule has 1 heterocycles. The van der Waals surface area contributed by atoms with Gasteiger partial charge >= 0.3 is 6.36 Å². The second-order valence-electron chi connectivity index (χ2n) is 6.98. The number of hydrazone groups is 1. The smallest absolute Gasteiger partial charge is 0.405 e. The van der Waals surface area contributed by atoms with Crippen LogP contribution in [0.3, 0.4) is 0 Å². The van der Waals surface area contributed by atoms with Gasteiger partial charge in [-0.3, -0.25) is 5.43 Å². The first-order chi connectivity index (χ1) is 14.6. The van der Waals surface area contributed by atoms with E-state index in [2.05, 4.69) is 25.2 Å². The highest BCUT2D eigenvalue weighted by molar-refractivity contribution is 5.99. The molecule has 0 saturated heterocycles. The van der Waals surface area contributed by atoms with E-state index in [1.54, 1.807) is 13.0 Å². The minimum Gasteiger partial charge on any atom is -0.405 e.